The number of nitrogens with one attached hydrogen (secondary N) is 4. The molecule has 0 bridgehead atoms. The van der Waals surface area contributed by atoms with Crippen LogP contribution in [0.1, 0.15) is 68.2 Å². The maximum Gasteiger partial charge on any atom is 0.246 e. The molecule has 2 heterocycles. The molecule has 0 radical (unpaired) electrons. The Morgan fingerprint density at radius 3 is 2.11 bits per heavy atom. The van der Waals surface area contributed by atoms with Crippen molar-refractivity contribution in [1.29, 1.82) is 0 Å². The van der Waals surface area contributed by atoms with Crippen LogP contribution in [-0.2, 0) is 20.9 Å². The molecule has 0 aromatic heterocycles. The van der Waals surface area contributed by atoms with Crippen LogP contribution in [0.5, 0.6) is 0 Å². The lowest BCUT2D eigenvalue weighted by Gasteiger charge is -2.33. The standard InChI is InChI=1S/C37H45Cl2N5O3/c1-3-31(40-2)35(45)43-34-27(18-19-41-23-24-20-28(38)22-29(39)21-24)14-15-30-16-17-32(44(30)37(34)47)36(46)42-33(25-10-6-4-7-11-25)26-12-8-5-9-13-26/h4-13,20-22,27,30-34,40-41H,3,14-19,23H2,1-2H3,(H,42,46)(H,43,45). The number of halogens is 2. The van der Waals surface area contributed by atoms with Crippen LogP contribution < -0.4 is 21.3 Å². The molecule has 2 aliphatic heterocycles. The van der Waals surface area contributed by atoms with Crippen molar-refractivity contribution in [3.05, 3.63) is 106 Å². The third-order valence-corrected chi connectivity index (χ3v) is 9.97. The molecule has 2 aliphatic rings. The molecule has 2 saturated heterocycles. The molecule has 47 heavy (non-hydrogen) atoms. The number of nitrogens with zero attached hydrogens (tertiary/aromatic N) is 1. The van der Waals surface area contributed by atoms with Gasteiger partial charge in [-0.3, -0.25) is 14.4 Å². The van der Waals surface area contributed by atoms with E-state index >= 15 is 0 Å². The molecule has 0 spiro atoms. The number of carbonyl (C=O) groups excluding carboxylic acids is 3. The number of amides is 3. The molecule has 5 rings (SSSR count). The van der Waals surface area contributed by atoms with Crippen LogP contribution in [0.15, 0.2) is 78.9 Å². The van der Waals surface area contributed by atoms with Gasteiger partial charge in [-0.15, -0.1) is 0 Å². The average Bonchev–Trinajstić information content (AvgIpc) is 3.45. The predicted molar refractivity (Wildman–Crippen MR) is 187 cm³/mol. The molecule has 8 nitrogen and oxygen atoms in total. The van der Waals surface area contributed by atoms with Gasteiger partial charge in [-0.25, -0.2) is 0 Å². The van der Waals surface area contributed by atoms with E-state index in [1.807, 2.05) is 79.7 Å². The molecule has 0 aliphatic carbocycles. The highest BCUT2D eigenvalue weighted by atomic mass is 35.5. The minimum atomic E-state index is -0.732. The van der Waals surface area contributed by atoms with Crippen molar-refractivity contribution in [2.75, 3.05) is 13.6 Å². The summed E-state index contributed by atoms with van der Waals surface area (Å²) in [5, 5.41) is 14.1. The number of rotatable bonds is 13. The zero-order valence-electron chi connectivity index (χ0n) is 27.1. The fraction of sp³-hybridized carbons (Fsp3) is 0.432. The van der Waals surface area contributed by atoms with E-state index in [2.05, 4.69) is 21.3 Å². The van der Waals surface area contributed by atoms with Gasteiger partial charge in [0.2, 0.25) is 17.7 Å². The lowest BCUT2D eigenvalue weighted by Crippen LogP contribution is -2.58. The predicted octanol–water partition coefficient (Wildman–Crippen LogP) is 5.63. The summed E-state index contributed by atoms with van der Waals surface area (Å²) in [4.78, 5) is 43.7. The molecular weight excluding hydrogens is 633 g/mol. The van der Waals surface area contributed by atoms with Crippen molar-refractivity contribution < 1.29 is 14.4 Å². The van der Waals surface area contributed by atoms with E-state index in [9.17, 15) is 14.4 Å². The van der Waals surface area contributed by atoms with Gasteiger partial charge in [-0.2, -0.15) is 0 Å². The first-order valence-electron chi connectivity index (χ1n) is 16.6. The topological polar surface area (TPSA) is 103 Å². The van der Waals surface area contributed by atoms with Gasteiger partial charge < -0.3 is 26.2 Å². The first kappa shape index (κ1) is 34.9. The highest BCUT2D eigenvalue weighted by molar-refractivity contribution is 6.34. The summed E-state index contributed by atoms with van der Waals surface area (Å²) in [5.41, 5.74) is 2.92. The fourth-order valence-corrected chi connectivity index (χ4v) is 7.65. The van der Waals surface area contributed by atoms with E-state index in [0.717, 1.165) is 36.0 Å². The third-order valence-electron chi connectivity index (χ3n) is 9.53. The molecule has 4 N–H and O–H groups in total. The molecule has 5 unspecified atom stereocenters. The van der Waals surface area contributed by atoms with Gasteiger partial charge in [0.05, 0.1) is 12.1 Å². The number of hydrogen-bond donors (Lipinski definition) is 4. The first-order valence-corrected chi connectivity index (χ1v) is 17.4. The van der Waals surface area contributed by atoms with E-state index < -0.39 is 18.1 Å². The second-order valence-corrected chi connectivity index (χ2v) is 13.4. The Bertz CT molecular complexity index is 1440. The Balaban J connectivity index is 1.34. The van der Waals surface area contributed by atoms with Crippen molar-refractivity contribution >= 4 is 40.9 Å². The number of likely N-dealkylation sites (N-methyl/N-ethyl adjacent to an activating group) is 1. The van der Waals surface area contributed by atoms with Crippen LogP contribution >= 0.6 is 23.2 Å². The van der Waals surface area contributed by atoms with Crippen LogP contribution in [0.4, 0.5) is 0 Å². The van der Waals surface area contributed by atoms with Gasteiger partial charge in [0.15, 0.2) is 0 Å². The number of fused-ring (bicyclic) bond motifs is 1. The lowest BCUT2D eigenvalue weighted by atomic mass is 9.90. The summed E-state index contributed by atoms with van der Waals surface area (Å²) < 4.78 is 0. The van der Waals surface area contributed by atoms with Crippen molar-refractivity contribution in [1.82, 2.24) is 26.2 Å². The first-order chi connectivity index (χ1) is 22.8. The SMILES string of the molecule is CCC(NC)C(=O)NC1C(=O)N2C(CCC1CCNCc1cc(Cl)cc(Cl)c1)CCC2C(=O)NC(c1ccccc1)c1ccccc1. The zero-order chi connectivity index (χ0) is 33.3. The molecule has 250 valence electrons. The molecule has 0 saturated carbocycles. The summed E-state index contributed by atoms with van der Waals surface area (Å²) in [7, 11) is 1.75. The fourth-order valence-electron chi connectivity index (χ4n) is 7.08. The molecule has 3 aromatic carbocycles. The summed E-state index contributed by atoms with van der Waals surface area (Å²) >= 11 is 12.4. The van der Waals surface area contributed by atoms with Gasteiger partial charge >= 0.3 is 0 Å². The van der Waals surface area contributed by atoms with E-state index in [1.165, 1.54) is 0 Å². The van der Waals surface area contributed by atoms with Gasteiger partial charge in [0.1, 0.15) is 12.1 Å². The van der Waals surface area contributed by atoms with Crippen molar-refractivity contribution in [3.8, 4) is 0 Å². The molecule has 3 aromatic rings. The monoisotopic (exact) mass is 677 g/mol. The highest BCUT2D eigenvalue weighted by Gasteiger charge is 2.47. The van der Waals surface area contributed by atoms with Gasteiger partial charge in [-0.05, 0) is 92.9 Å². The average molecular weight is 679 g/mol. The van der Waals surface area contributed by atoms with Crippen LogP contribution in [0.2, 0.25) is 10.0 Å². The number of carbonyl (C=O) groups is 3. The molecule has 2 fully saturated rings. The summed E-state index contributed by atoms with van der Waals surface area (Å²) in [5.74, 6) is -0.642. The van der Waals surface area contributed by atoms with E-state index in [4.69, 9.17) is 23.2 Å². The number of hydrogen-bond acceptors (Lipinski definition) is 5. The molecule has 3 amide bonds. The van der Waals surface area contributed by atoms with Crippen LogP contribution in [0.25, 0.3) is 0 Å². The quantitative estimate of drug-likeness (QED) is 0.176. The second kappa shape index (κ2) is 16.6. The maximum absolute atomic E-state index is 14.5. The highest BCUT2D eigenvalue weighted by Crippen LogP contribution is 2.36. The summed E-state index contributed by atoms with van der Waals surface area (Å²) in [6, 6.07) is 23.1. The van der Waals surface area contributed by atoms with E-state index in [1.54, 1.807) is 18.0 Å². The van der Waals surface area contributed by atoms with Crippen molar-refractivity contribution in [2.24, 2.45) is 5.92 Å². The second-order valence-electron chi connectivity index (χ2n) is 12.6. The van der Waals surface area contributed by atoms with E-state index in [-0.39, 0.29) is 35.7 Å². The zero-order valence-corrected chi connectivity index (χ0v) is 28.6. The van der Waals surface area contributed by atoms with Crippen LogP contribution in [0.3, 0.4) is 0 Å². The normalized spacial score (nSPS) is 21.6. The minimum Gasteiger partial charge on any atom is -0.343 e. The Morgan fingerprint density at radius 1 is 0.894 bits per heavy atom. The van der Waals surface area contributed by atoms with Gasteiger partial charge in [0.25, 0.3) is 0 Å². The number of benzene rings is 3. The van der Waals surface area contributed by atoms with Gasteiger partial charge in [-0.1, -0.05) is 90.8 Å². The van der Waals surface area contributed by atoms with Crippen LogP contribution in [-0.4, -0.2) is 60.4 Å². The van der Waals surface area contributed by atoms with Crippen molar-refractivity contribution in [2.45, 2.75) is 82.2 Å². The largest absolute Gasteiger partial charge is 0.343 e. The van der Waals surface area contributed by atoms with Gasteiger partial charge in [0, 0.05) is 22.6 Å². The molecule has 5 atom stereocenters. The maximum atomic E-state index is 14.5. The lowest BCUT2D eigenvalue weighted by molar-refractivity contribution is -0.143. The molecular formula is C37H45Cl2N5O3. The smallest absolute Gasteiger partial charge is 0.246 e. The van der Waals surface area contributed by atoms with Crippen molar-refractivity contribution in [3.63, 3.8) is 0 Å². The Kier molecular flexibility index (Phi) is 12.3. The van der Waals surface area contributed by atoms with Crippen LogP contribution in [0, 0.1) is 5.92 Å². The molecule has 10 heteroatoms. The van der Waals surface area contributed by atoms with E-state index in [0.29, 0.717) is 42.4 Å². The third kappa shape index (κ3) is 8.73. The summed E-state index contributed by atoms with van der Waals surface area (Å²) in [6.45, 7) is 3.16. The Labute approximate surface area is 288 Å². The Hall–Kier alpha value is -3.43. The summed E-state index contributed by atoms with van der Waals surface area (Å²) in [6.07, 6.45) is 4.16. The minimum absolute atomic E-state index is 0.0533. The Morgan fingerprint density at radius 2 is 1.51 bits per heavy atom.